The fraction of sp³-hybridized carbons (Fsp3) is 0.500. The molecular formula is C10H16N2O. The van der Waals surface area contributed by atoms with Crippen molar-refractivity contribution in [3.05, 3.63) is 18.3 Å². The molecule has 0 saturated carbocycles. The number of nitrogens with zero attached hydrogens (tertiary/aromatic N) is 1. The lowest BCUT2D eigenvalue weighted by Gasteiger charge is -2.14. The fourth-order valence-electron chi connectivity index (χ4n) is 1.09. The number of nitrogen functional groups attached to an aromatic ring is 1. The highest BCUT2D eigenvalue weighted by Crippen LogP contribution is 2.13. The van der Waals surface area contributed by atoms with Crippen LogP contribution in [0.2, 0.25) is 0 Å². The van der Waals surface area contributed by atoms with Crippen LogP contribution in [0.4, 0.5) is 5.69 Å². The van der Waals surface area contributed by atoms with Crippen LogP contribution in [0.1, 0.15) is 26.7 Å². The Morgan fingerprint density at radius 2 is 2.08 bits per heavy atom. The second-order valence-corrected chi connectivity index (χ2v) is 2.99. The van der Waals surface area contributed by atoms with E-state index in [9.17, 15) is 0 Å². The Morgan fingerprint density at radius 3 is 2.54 bits per heavy atom. The van der Waals surface area contributed by atoms with Crippen LogP contribution in [-0.2, 0) is 0 Å². The highest BCUT2D eigenvalue weighted by molar-refractivity contribution is 5.35. The van der Waals surface area contributed by atoms with Gasteiger partial charge in [0.2, 0.25) is 5.88 Å². The van der Waals surface area contributed by atoms with Gasteiger partial charge in [-0.25, -0.2) is 4.98 Å². The van der Waals surface area contributed by atoms with Gasteiger partial charge >= 0.3 is 0 Å². The van der Waals surface area contributed by atoms with E-state index in [1.165, 1.54) is 0 Å². The van der Waals surface area contributed by atoms with Crippen LogP contribution in [-0.4, -0.2) is 11.1 Å². The van der Waals surface area contributed by atoms with Crippen LogP contribution < -0.4 is 10.5 Å². The Labute approximate surface area is 78.9 Å². The summed E-state index contributed by atoms with van der Waals surface area (Å²) in [5, 5.41) is 0. The minimum absolute atomic E-state index is 0.260. The van der Waals surface area contributed by atoms with Gasteiger partial charge in [0.25, 0.3) is 0 Å². The van der Waals surface area contributed by atoms with Gasteiger partial charge in [0.15, 0.2) is 0 Å². The summed E-state index contributed by atoms with van der Waals surface area (Å²) in [4.78, 5) is 4.07. The number of hydrogen-bond donors (Lipinski definition) is 1. The Hall–Kier alpha value is -1.25. The van der Waals surface area contributed by atoms with Crippen LogP contribution >= 0.6 is 0 Å². The zero-order valence-corrected chi connectivity index (χ0v) is 8.16. The van der Waals surface area contributed by atoms with Gasteiger partial charge in [0, 0.05) is 6.07 Å². The van der Waals surface area contributed by atoms with E-state index >= 15 is 0 Å². The Kier molecular flexibility index (Phi) is 3.55. The number of pyridine rings is 1. The number of aromatic nitrogens is 1. The monoisotopic (exact) mass is 180 g/mol. The third-order valence-corrected chi connectivity index (χ3v) is 1.96. The maximum absolute atomic E-state index is 5.60. The molecule has 2 N–H and O–H groups in total. The van der Waals surface area contributed by atoms with E-state index in [-0.39, 0.29) is 6.10 Å². The highest BCUT2D eigenvalue weighted by Gasteiger charge is 2.04. The molecule has 0 saturated heterocycles. The lowest BCUT2D eigenvalue weighted by atomic mass is 10.2. The molecule has 0 aliphatic carbocycles. The second kappa shape index (κ2) is 4.70. The summed E-state index contributed by atoms with van der Waals surface area (Å²) >= 11 is 0. The van der Waals surface area contributed by atoms with Crippen LogP contribution in [0, 0.1) is 0 Å². The van der Waals surface area contributed by atoms with E-state index in [2.05, 4.69) is 18.8 Å². The number of ether oxygens (including phenoxy) is 1. The van der Waals surface area contributed by atoms with Crippen molar-refractivity contribution >= 4 is 5.69 Å². The van der Waals surface area contributed by atoms with Gasteiger partial charge in [-0.3, -0.25) is 0 Å². The third kappa shape index (κ3) is 2.93. The van der Waals surface area contributed by atoms with Gasteiger partial charge in [0.05, 0.1) is 18.0 Å². The van der Waals surface area contributed by atoms with Crippen molar-refractivity contribution in [3.63, 3.8) is 0 Å². The van der Waals surface area contributed by atoms with Gasteiger partial charge < -0.3 is 10.5 Å². The summed E-state index contributed by atoms with van der Waals surface area (Å²) in [7, 11) is 0. The van der Waals surface area contributed by atoms with E-state index in [0.717, 1.165) is 12.8 Å². The van der Waals surface area contributed by atoms with Crippen molar-refractivity contribution in [3.8, 4) is 5.88 Å². The van der Waals surface area contributed by atoms with Gasteiger partial charge in [0.1, 0.15) is 0 Å². The van der Waals surface area contributed by atoms with Crippen molar-refractivity contribution in [2.45, 2.75) is 32.8 Å². The lowest BCUT2D eigenvalue weighted by molar-refractivity contribution is 0.185. The molecule has 1 aromatic heterocycles. The minimum Gasteiger partial charge on any atom is -0.474 e. The molecule has 1 rings (SSSR count). The molecule has 0 aromatic carbocycles. The van der Waals surface area contributed by atoms with Crippen molar-refractivity contribution in [1.29, 1.82) is 0 Å². The minimum atomic E-state index is 0.260. The second-order valence-electron chi connectivity index (χ2n) is 2.99. The van der Waals surface area contributed by atoms with E-state index in [1.807, 2.05) is 0 Å². The standard InChI is InChI=1S/C10H16N2O/c1-3-9(4-2)13-10-6-5-8(11)7-12-10/h5-7,9H,3-4,11H2,1-2H3. The van der Waals surface area contributed by atoms with E-state index in [4.69, 9.17) is 10.5 Å². The largest absolute Gasteiger partial charge is 0.474 e. The molecule has 0 bridgehead atoms. The molecule has 0 radical (unpaired) electrons. The molecule has 0 atom stereocenters. The van der Waals surface area contributed by atoms with Gasteiger partial charge in [-0.15, -0.1) is 0 Å². The summed E-state index contributed by atoms with van der Waals surface area (Å²) < 4.78 is 5.60. The average Bonchev–Trinajstić information content (AvgIpc) is 2.17. The molecule has 3 heteroatoms. The molecule has 0 fully saturated rings. The molecule has 0 spiro atoms. The summed E-state index contributed by atoms with van der Waals surface area (Å²) in [6.45, 7) is 4.21. The maximum atomic E-state index is 5.60. The van der Waals surface area contributed by atoms with Crippen LogP contribution in [0.25, 0.3) is 0 Å². The summed E-state index contributed by atoms with van der Waals surface area (Å²) in [5.41, 5.74) is 6.17. The predicted octanol–water partition coefficient (Wildman–Crippen LogP) is 2.23. The highest BCUT2D eigenvalue weighted by atomic mass is 16.5. The zero-order valence-electron chi connectivity index (χ0n) is 8.16. The van der Waals surface area contributed by atoms with Gasteiger partial charge in [-0.05, 0) is 18.9 Å². The number of nitrogens with two attached hydrogens (primary N) is 1. The molecule has 0 aliphatic rings. The fourth-order valence-corrected chi connectivity index (χ4v) is 1.09. The molecule has 0 unspecified atom stereocenters. The van der Waals surface area contributed by atoms with Crippen LogP contribution in [0.5, 0.6) is 5.88 Å². The number of anilines is 1. The average molecular weight is 180 g/mol. The lowest BCUT2D eigenvalue weighted by Crippen LogP contribution is -2.14. The summed E-state index contributed by atoms with van der Waals surface area (Å²) in [6, 6.07) is 3.60. The molecule has 0 amide bonds. The first-order valence-corrected chi connectivity index (χ1v) is 4.64. The van der Waals surface area contributed by atoms with Crippen molar-refractivity contribution in [2.75, 3.05) is 5.73 Å². The maximum Gasteiger partial charge on any atom is 0.213 e. The molecule has 13 heavy (non-hydrogen) atoms. The van der Waals surface area contributed by atoms with Crippen molar-refractivity contribution < 1.29 is 4.74 Å². The Balaban J connectivity index is 2.58. The van der Waals surface area contributed by atoms with Gasteiger partial charge in [-0.1, -0.05) is 13.8 Å². The first kappa shape index (κ1) is 9.84. The topological polar surface area (TPSA) is 48.1 Å². The molecule has 1 heterocycles. The van der Waals surface area contributed by atoms with Crippen molar-refractivity contribution in [2.24, 2.45) is 0 Å². The smallest absolute Gasteiger partial charge is 0.213 e. The Bertz CT molecular complexity index is 242. The Morgan fingerprint density at radius 1 is 1.38 bits per heavy atom. The molecule has 0 aliphatic heterocycles. The number of hydrogen-bond acceptors (Lipinski definition) is 3. The number of rotatable bonds is 4. The molecule has 1 aromatic rings. The molecule has 3 nitrogen and oxygen atoms in total. The SMILES string of the molecule is CCC(CC)Oc1ccc(N)cn1. The van der Waals surface area contributed by atoms with E-state index in [1.54, 1.807) is 18.3 Å². The quantitative estimate of drug-likeness (QED) is 0.773. The van der Waals surface area contributed by atoms with E-state index < -0.39 is 0 Å². The van der Waals surface area contributed by atoms with Crippen molar-refractivity contribution in [1.82, 2.24) is 4.98 Å². The van der Waals surface area contributed by atoms with Crippen LogP contribution in [0.15, 0.2) is 18.3 Å². The normalized spacial score (nSPS) is 10.4. The van der Waals surface area contributed by atoms with Gasteiger partial charge in [-0.2, -0.15) is 0 Å². The predicted molar refractivity (Wildman–Crippen MR) is 53.6 cm³/mol. The molecular weight excluding hydrogens is 164 g/mol. The third-order valence-electron chi connectivity index (χ3n) is 1.96. The first-order valence-electron chi connectivity index (χ1n) is 4.64. The van der Waals surface area contributed by atoms with Crippen LogP contribution in [0.3, 0.4) is 0 Å². The van der Waals surface area contributed by atoms with E-state index in [0.29, 0.717) is 11.6 Å². The summed E-state index contributed by atoms with van der Waals surface area (Å²) in [5.74, 6) is 0.655. The first-order chi connectivity index (χ1) is 6.26. The molecule has 72 valence electrons. The zero-order chi connectivity index (χ0) is 9.68. The summed E-state index contributed by atoms with van der Waals surface area (Å²) in [6.07, 6.45) is 3.87.